The van der Waals surface area contributed by atoms with Crippen molar-refractivity contribution >= 4 is 33.4 Å². The Hall–Kier alpha value is -2.42. The second-order valence-electron chi connectivity index (χ2n) is 7.82. The maximum Gasteiger partial charge on any atom is 0.243 e. The van der Waals surface area contributed by atoms with Crippen LogP contribution >= 0.6 is 11.6 Å². The second-order valence-corrected chi connectivity index (χ2v) is 10.2. The highest BCUT2D eigenvalue weighted by molar-refractivity contribution is 7.89. The molecule has 172 valence electrons. The van der Waals surface area contributed by atoms with Crippen molar-refractivity contribution in [3.05, 3.63) is 64.7 Å². The maximum absolute atomic E-state index is 12.8. The van der Waals surface area contributed by atoms with Crippen molar-refractivity contribution in [2.45, 2.75) is 31.1 Å². The van der Waals surface area contributed by atoms with Gasteiger partial charge in [-0.05, 0) is 43.2 Å². The number of sulfonamides is 1. The molecule has 0 aromatic heterocycles. The predicted octanol–water partition coefficient (Wildman–Crippen LogP) is 2.62. The van der Waals surface area contributed by atoms with Crippen LogP contribution in [-0.2, 0) is 26.0 Å². The third kappa shape index (κ3) is 6.54. The first kappa shape index (κ1) is 24.2. The Labute approximate surface area is 194 Å². The van der Waals surface area contributed by atoms with Crippen molar-refractivity contribution in [3.63, 3.8) is 0 Å². The Kier molecular flexibility index (Phi) is 8.28. The topological polar surface area (TPSA) is 86.8 Å². The summed E-state index contributed by atoms with van der Waals surface area (Å²) < 4.78 is 27.0. The lowest BCUT2D eigenvalue weighted by Gasteiger charge is -2.34. The number of carbonyl (C=O) groups excluding carboxylic acids is 2. The van der Waals surface area contributed by atoms with Crippen LogP contribution in [0.25, 0.3) is 0 Å². The average Bonchev–Trinajstić information content (AvgIpc) is 2.79. The zero-order valence-corrected chi connectivity index (χ0v) is 19.7. The highest BCUT2D eigenvalue weighted by atomic mass is 35.5. The van der Waals surface area contributed by atoms with E-state index >= 15 is 0 Å². The lowest BCUT2D eigenvalue weighted by molar-refractivity contribution is -0.134. The van der Waals surface area contributed by atoms with E-state index in [1.54, 1.807) is 29.2 Å². The van der Waals surface area contributed by atoms with Gasteiger partial charge in [-0.2, -0.15) is 4.31 Å². The largest absolute Gasteiger partial charge is 0.356 e. The summed E-state index contributed by atoms with van der Waals surface area (Å²) in [5, 5.41) is 3.49. The Morgan fingerprint density at radius 3 is 2.19 bits per heavy atom. The van der Waals surface area contributed by atoms with Crippen molar-refractivity contribution in [1.82, 2.24) is 14.5 Å². The number of halogens is 1. The van der Waals surface area contributed by atoms with E-state index in [4.69, 9.17) is 11.6 Å². The number of amides is 2. The summed E-state index contributed by atoms with van der Waals surface area (Å²) in [6.45, 7) is 3.53. The molecule has 1 aliphatic heterocycles. The fourth-order valence-electron chi connectivity index (χ4n) is 3.50. The number of benzene rings is 2. The van der Waals surface area contributed by atoms with Crippen LogP contribution in [0.1, 0.15) is 24.0 Å². The van der Waals surface area contributed by atoms with Crippen molar-refractivity contribution in [2.24, 2.45) is 0 Å². The molecule has 1 N–H and O–H groups in total. The minimum atomic E-state index is -3.57. The van der Waals surface area contributed by atoms with Gasteiger partial charge in [0.15, 0.2) is 0 Å². The molecule has 1 heterocycles. The molecule has 0 atom stereocenters. The molecule has 0 unspecified atom stereocenters. The molecule has 0 spiro atoms. The number of nitrogens with zero attached hydrogens (tertiary/aromatic N) is 2. The van der Waals surface area contributed by atoms with E-state index in [9.17, 15) is 18.0 Å². The molecule has 7 nitrogen and oxygen atoms in total. The number of aryl methyl sites for hydroxylation is 1. The predicted molar refractivity (Wildman–Crippen MR) is 124 cm³/mol. The molecule has 2 aromatic rings. The summed E-state index contributed by atoms with van der Waals surface area (Å²) in [5.74, 6) is -0.307. The van der Waals surface area contributed by atoms with Crippen LogP contribution in [0.15, 0.2) is 53.4 Å². The molecule has 0 bridgehead atoms. The minimum absolute atomic E-state index is 0.109. The lowest BCUT2D eigenvalue weighted by Crippen LogP contribution is -2.50. The smallest absolute Gasteiger partial charge is 0.243 e. The van der Waals surface area contributed by atoms with Gasteiger partial charge in [-0.15, -0.1) is 0 Å². The summed E-state index contributed by atoms with van der Waals surface area (Å²) in [4.78, 5) is 26.4. The lowest BCUT2D eigenvalue weighted by atomic mass is 10.1. The summed E-state index contributed by atoms with van der Waals surface area (Å²) in [7, 11) is -3.57. The fourth-order valence-corrected chi connectivity index (χ4v) is 5.05. The van der Waals surface area contributed by atoms with Gasteiger partial charge in [0.25, 0.3) is 0 Å². The van der Waals surface area contributed by atoms with Crippen LogP contribution in [0, 0.1) is 6.92 Å². The number of hydrogen-bond acceptors (Lipinski definition) is 4. The number of rotatable bonds is 8. The second kappa shape index (κ2) is 10.9. The van der Waals surface area contributed by atoms with Crippen LogP contribution in [0.3, 0.4) is 0 Å². The van der Waals surface area contributed by atoms with Crippen LogP contribution in [0.2, 0.25) is 5.02 Å². The van der Waals surface area contributed by atoms with Crippen molar-refractivity contribution in [2.75, 3.05) is 32.7 Å². The third-order valence-corrected chi connectivity index (χ3v) is 7.63. The minimum Gasteiger partial charge on any atom is -0.356 e. The van der Waals surface area contributed by atoms with E-state index in [0.717, 1.165) is 11.1 Å². The molecule has 3 rings (SSSR count). The molecule has 0 aliphatic carbocycles. The Morgan fingerprint density at radius 2 is 1.56 bits per heavy atom. The molecule has 9 heteroatoms. The number of nitrogens with one attached hydrogen (secondary N) is 1. The molecule has 1 fully saturated rings. The molecule has 2 amide bonds. The van der Waals surface area contributed by atoms with Crippen molar-refractivity contribution in [3.8, 4) is 0 Å². The Morgan fingerprint density at radius 1 is 0.938 bits per heavy atom. The van der Waals surface area contributed by atoms with Crippen LogP contribution < -0.4 is 5.32 Å². The van der Waals surface area contributed by atoms with Gasteiger partial charge in [0.05, 0.1) is 4.90 Å². The molecule has 32 heavy (non-hydrogen) atoms. The standard InChI is InChI=1S/C23H28ClN3O4S/c1-18-2-8-21(9-3-18)32(30,31)27-16-14-26(15-17-27)23(29)11-10-22(28)25-13-12-19-4-6-20(24)7-5-19/h2-9H,10-17H2,1H3,(H,25,28). The molecular weight excluding hydrogens is 450 g/mol. The highest BCUT2D eigenvalue weighted by Crippen LogP contribution is 2.18. The normalized spacial score (nSPS) is 14.9. The molecule has 0 radical (unpaired) electrons. The van der Waals surface area contributed by atoms with E-state index in [-0.39, 0.29) is 42.6 Å². The van der Waals surface area contributed by atoms with Crippen LogP contribution in [-0.4, -0.2) is 62.2 Å². The Bertz CT molecular complexity index is 1030. The number of piperazine rings is 1. The highest BCUT2D eigenvalue weighted by Gasteiger charge is 2.30. The third-order valence-electron chi connectivity index (χ3n) is 5.47. The van der Waals surface area contributed by atoms with E-state index < -0.39 is 10.0 Å². The van der Waals surface area contributed by atoms with E-state index in [1.807, 2.05) is 31.2 Å². The van der Waals surface area contributed by atoms with Crippen molar-refractivity contribution < 1.29 is 18.0 Å². The van der Waals surface area contributed by atoms with Gasteiger partial charge in [0, 0.05) is 50.6 Å². The quantitative estimate of drug-likeness (QED) is 0.633. The van der Waals surface area contributed by atoms with Crippen LogP contribution in [0.5, 0.6) is 0 Å². The van der Waals surface area contributed by atoms with E-state index in [2.05, 4.69) is 5.32 Å². The monoisotopic (exact) mass is 477 g/mol. The zero-order chi connectivity index (χ0) is 23.1. The SMILES string of the molecule is Cc1ccc(S(=O)(=O)N2CCN(C(=O)CCC(=O)NCCc3ccc(Cl)cc3)CC2)cc1. The fraction of sp³-hybridized carbons (Fsp3) is 0.391. The van der Waals surface area contributed by atoms with Gasteiger partial charge in [0.1, 0.15) is 0 Å². The molecule has 1 aliphatic rings. The summed E-state index contributed by atoms with van der Waals surface area (Å²) >= 11 is 5.86. The maximum atomic E-state index is 12.8. The summed E-state index contributed by atoms with van der Waals surface area (Å²) in [6.07, 6.45) is 0.910. The first-order chi connectivity index (χ1) is 15.3. The number of hydrogen-bond donors (Lipinski definition) is 1. The number of carbonyl (C=O) groups is 2. The first-order valence-corrected chi connectivity index (χ1v) is 12.4. The van der Waals surface area contributed by atoms with Gasteiger partial charge in [-0.25, -0.2) is 8.42 Å². The molecule has 0 saturated carbocycles. The zero-order valence-electron chi connectivity index (χ0n) is 18.1. The van der Waals surface area contributed by atoms with E-state index in [1.165, 1.54) is 4.31 Å². The van der Waals surface area contributed by atoms with Crippen molar-refractivity contribution in [1.29, 1.82) is 0 Å². The van der Waals surface area contributed by atoms with Gasteiger partial charge in [-0.3, -0.25) is 9.59 Å². The summed E-state index contributed by atoms with van der Waals surface area (Å²) in [5.41, 5.74) is 2.07. The summed E-state index contributed by atoms with van der Waals surface area (Å²) in [6, 6.07) is 14.2. The van der Waals surface area contributed by atoms with Gasteiger partial charge >= 0.3 is 0 Å². The van der Waals surface area contributed by atoms with Gasteiger partial charge in [-0.1, -0.05) is 41.4 Å². The first-order valence-electron chi connectivity index (χ1n) is 10.6. The van der Waals surface area contributed by atoms with Gasteiger partial charge in [0.2, 0.25) is 21.8 Å². The molecule has 2 aromatic carbocycles. The molecular formula is C23H28ClN3O4S. The van der Waals surface area contributed by atoms with Gasteiger partial charge < -0.3 is 10.2 Å². The average molecular weight is 478 g/mol. The van der Waals surface area contributed by atoms with Crippen LogP contribution in [0.4, 0.5) is 0 Å². The molecule has 1 saturated heterocycles. The Balaban J connectivity index is 1.39. The van der Waals surface area contributed by atoms with E-state index in [0.29, 0.717) is 31.1 Å².